The summed E-state index contributed by atoms with van der Waals surface area (Å²) in [6.45, 7) is 7.75. The third-order valence-corrected chi connectivity index (χ3v) is 6.40. The number of carbonyl (C=O) groups is 1. The normalized spacial score (nSPS) is 15.1. The van der Waals surface area contributed by atoms with Crippen LogP contribution in [0.5, 0.6) is 11.5 Å². The average Bonchev–Trinajstić information content (AvgIpc) is 2.89. The summed E-state index contributed by atoms with van der Waals surface area (Å²) in [6, 6.07) is 19.4. The topological polar surface area (TPSA) is 54.0 Å². The lowest BCUT2D eigenvalue weighted by molar-refractivity contribution is 0.0660. The largest absolute Gasteiger partial charge is 0.496 e. The highest BCUT2D eigenvalue weighted by Crippen LogP contribution is 2.35. The number of hydrogen-bond donors (Lipinski definition) is 1. The molecule has 0 aromatic heterocycles. The Morgan fingerprint density at radius 1 is 1.03 bits per heavy atom. The van der Waals surface area contributed by atoms with Crippen molar-refractivity contribution in [1.82, 2.24) is 9.80 Å². The number of fused-ring (bicyclic) bond motifs is 1. The molecule has 0 aliphatic carbocycles. The van der Waals surface area contributed by atoms with Crippen molar-refractivity contribution in [3.8, 4) is 11.5 Å². The van der Waals surface area contributed by atoms with Crippen molar-refractivity contribution in [1.29, 1.82) is 0 Å². The first-order chi connectivity index (χ1) is 17.0. The van der Waals surface area contributed by atoms with Crippen molar-refractivity contribution in [3.63, 3.8) is 0 Å². The molecular formula is C28H32FN3O3. The summed E-state index contributed by atoms with van der Waals surface area (Å²) in [7, 11) is 1.62. The fourth-order valence-corrected chi connectivity index (χ4v) is 4.35. The number of amides is 1. The van der Waals surface area contributed by atoms with Crippen molar-refractivity contribution in [2.24, 2.45) is 0 Å². The maximum atomic E-state index is 13.5. The van der Waals surface area contributed by atoms with E-state index in [-0.39, 0.29) is 24.5 Å². The zero-order chi connectivity index (χ0) is 24.8. The fraction of sp³-hybridized carbons (Fsp3) is 0.321. The molecule has 1 atom stereocenters. The van der Waals surface area contributed by atoms with E-state index >= 15 is 0 Å². The summed E-state index contributed by atoms with van der Waals surface area (Å²) in [4.78, 5) is 17.7. The Bertz CT molecular complexity index is 1150. The van der Waals surface area contributed by atoms with E-state index in [0.717, 1.165) is 36.4 Å². The molecule has 7 heteroatoms. The van der Waals surface area contributed by atoms with E-state index in [9.17, 15) is 9.18 Å². The molecule has 0 radical (unpaired) electrons. The van der Waals surface area contributed by atoms with Gasteiger partial charge in [0, 0.05) is 24.3 Å². The van der Waals surface area contributed by atoms with Crippen LogP contribution >= 0.6 is 0 Å². The van der Waals surface area contributed by atoms with E-state index in [0.29, 0.717) is 23.6 Å². The summed E-state index contributed by atoms with van der Waals surface area (Å²) >= 11 is 0. The summed E-state index contributed by atoms with van der Waals surface area (Å²) in [5.74, 6) is 0.958. The van der Waals surface area contributed by atoms with Crippen LogP contribution in [0, 0.1) is 5.82 Å². The highest BCUT2D eigenvalue weighted by Gasteiger charge is 2.33. The second kappa shape index (κ2) is 11.2. The Labute approximate surface area is 206 Å². The molecule has 1 aliphatic heterocycles. The van der Waals surface area contributed by atoms with Crippen LogP contribution in [0.4, 0.5) is 10.1 Å². The molecule has 4 rings (SSSR count). The number of anilines is 1. The average molecular weight is 478 g/mol. The van der Waals surface area contributed by atoms with Crippen LogP contribution in [-0.4, -0.2) is 49.0 Å². The van der Waals surface area contributed by atoms with Gasteiger partial charge in [0.05, 0.1) is 12.7 Å². The number of para-hydroxylation sites is 1. The second-order valence-corrected chi connectivity index (χ2v) is 8.43. The van der Waals surface area contributed by atoms with Crippen LogP contribution in [0.3, 0.4) is 0 Å². The van der Waals surface area contributed by atoms with Crippen LogP contribution in [0.1, 0.15) is 41.5 Å². The van der Waals surface area contributed by atoms with E-state index < -0.39 is 0 Å². The van der Waals surface area contributed by atoms with Gasteiger partial charge in [0.15, 0.2) is 0 Å². The van der Waals surface area contributed by atoms with Gasteiger partial charge in [-0.1, -0.05) is 32.0 Å². The van der Waals surface area contributed by atoms with Crippen molar-refractivity contribution in [2.75, 3.05) is 38.6 Å². The van der Waals surface area contributed by atoms with Gasteiger partial charge in [-0.05, 0) is 67.2 Å². The molecule has 1 N–H and O–H groups in total. The van der Waals surface area contributed by atoms with Gasteiger partial charge in [-0.3, -0.25) is 4.79 Å². The van der Waals surface area contributed by atoms with Gasteiger partial charge in [-0.25, -0.2) is 4.39 Å². The first kappa shape index (κ1) is 24.5. The van der Waals surface area contributed by atoms with Crippen molar-refractivity contribution < 1.29 is 18.7 Å². The molecular weight excluding hydrogens is 445 g/mol. The minimum Gasteiger partial charge on any atom is -0.496 e. The monoisotopic (exact) mass is 477 g/mol. The number of ether oxygens (including phenoxy) is 2. The molecule has 0 bridgehead atoms. The summed E-state index contributed by atoms with van der Waals surface area (Å²) < 4.78 is 24.7. The number of halogens is 1. The number of benzene rings is 3. The van der Waals surface area contributed by atoms with Gasteiger partial charge in [0.1, 0.15) is 30.1 Å². The number of nitrogens with one attached hydrogen (secondary N) is 1. The lowest BCUT2D eigenvalue weighted by atomic mass is 10.0. The molecule has 1 amide bonds. The molecule has 0 fully saturated rings. The Kier molecular flexibility index (Phi) is 7.87. The molecule has 1 heterocycles. The first-order valence-electron chi connectivity index (χ1n) is 12.0. The number of likely N-dealkylation sites (N-methyl/N-ethyl adjacent to an activating group) is 1. The van der Waals surface area contributed by atoms with E-state index in [1.165, 1.54) is 12.1 Å². The van der Waals surface area contributed by atoms with Crippen molar-refractivity contribution >= 4 is 11.6 Å². The molecule has 0 saturated heterocycles. The number of rotatable bonds is 10. The van der Waals surface area contributed by atoms with Gasteiger partial charge in [-0.15, -0.1) is 0 Å². The van der Waals surface area contributed by atoms with Crippen LogP contribution in [0.25, 0.3) is 0 Å². The van der Waals surface area contributed by atoms with E-state index in [1.807, 2.05) is 47.4 Å². The van der Waals surface area contributed by atoms with Gasteiger partial charge in [-0.2, -0.15) is 0 Å². The maximum Gasteiger partial charge on any atom is 0.257 e. The number of nitrogens with zero attached hydrogens (tertiary/aromatic N) is 2. The van der Waals surface area contributed by atoms with Gasteiger partial charge >= 0.3 is 0 Å². The summed E-state index contributed by atoms with van der Waals surface area (Å²) in [6.07, 6.45) is -0.330. The predicted octanol–water partition coefficient (Wildman–Crippen LogP) is 5.32. The lowest BCUT2D eigenvalue weighted by Gasteiger charge is -2.39. The Balaban J connectivity index is 1.63. The quantitative estimate of drug-likeness (QED) is 0.428. The number of carbonyl (C=O) groups excluding carboxylic acids is 1. The standard InChI is InChI=1S/C28H32FN3O3/c1-4-31(5-2)16-17-32-27(30-25-9-7-6-8-24(25)28(32)33)20-10-15-26(34-3)21(18-20)19-35-23-13-11-22(29)12-14-23/h6-15,18,27,30H,4-5,16-17,19H2,1-3H3. The van der Waals surface area contributed by atoms with E-state index in [4.69, 9.17) is 9.47 Å². The minimum absolute atomic E-state index is 0.0106. The fourth-order valence-electron chi connectivity index (χ4n) is 4.35. The van der Waals surface area contributed by atoms with Crippen molar-refractivity contribution in [3.05, 3.63) is 89.2 Å². The zero-order valence-corrected chi connectivity index (χ0v) is 20.5. The van der Waals surface area contributed by atoms with E-state index in [2.05, 4.69) is 24.1 Å². The molecule has 3 aromatic carbocycles. The highest BCUT2D eigenvalue weighted by molar-refractivity contribution is 6.01. The Morgan fingerprint density at radius 2 is 1.77 bits per heavy atom. The smallest absolute Gasteiger partial charge is 0.257 e. The molecule has 35 heavy (non-hydrogen) atoms. The van der Waals surface area contributed by atoms with Gasteiger partial charge in [0.2, 0.25) is 0 Å². The molecule has 1 aliphatic rings. The second-order valence-electron chi connectivity index (χ2n) is 8.43. The highest BCUT2D eigenvalue weighted by atomic mass is 19.1. The van der Waals surface area contributed by atoms with Crippen LogP contribution in [-0.2, 0) is 6.61 Å². The van der Waals surface area contributed by atoms with Crippen molar-refractivity contribution in [2.45, 2.75) is 26.6 Å². The first-order valence-corrected chi connectivity index (χ1v) is 12.0. The third kappa shape index (κ3) is 5.57. The number of hydrogen-bond acceptors (Lipinski definition) is 5. The lowest BCUT2D eigenvalue weighted by Crippen LogP contribution is -2.46. The zero-order valence-electron chi connectivity index (χ0n) is 20.5. The SMILES string of the molecule is CCN(CC)CCN1C(=O)c2ccccc2NC1c1ccc(OC)c(COc2ccc(F)cc2)c1. The van der Waals surface area contributed by atoms with Gasteiger partial charge in [0.25, 0.3) is 5.91 Å². The maximum absolute atomic E-state index is 13.5. The van der Waals surface area contributed by atoms with Gasteiger partial charge < -0.3 is 24.6 Å². The number of methoxy groups -OCH3 is 1. The summed E-state index contributed by atoms with van der Waals surface area (Å²) in [5.41, 5.74) is 3.27. The molecule has 6 nitrogen and oxygen atoms in total. The molecule has 3 aromatic rings. The molecule has 184 valence electrons. The third-order valence-electron chi connectivity index (χ3n) is 6.40. The minimum atomic E-state index is -0.330. The molecule has 1 unspecified atom stereocenters. The predicted molar refractivity (Wildman–Crippen MR) is 135 cm³/mol. The Morgan fingerprint density at radius 3 is 2.49 bits per heavy atom. The molecule has 0 saturated carbocycles. The van der Waals surface area contributed by atoms with Crippen LogP contribution in [0.2, 0.25) is 0 Å². The van der Waals surface area contributed by atoms with E-state index in [1.54, 1.807) is 19.2 Å². The van der Waals surface area contributed by atoms with Crippen LogP contribution < -0.4 is 14.8 Å². The summed E-state index contributed by atoms with van der Waals surface area (Å²) in [5, 5.41) is 3.56. The Hall–Kier alpha value is -3.58. The molecule has 0 spiro atoms. The van der Waals surface area contributed by atoms with Crippen LogP contribution in [0.15, 0.2) is 66.7 Å².